The van der Waals surface area contributed by atoms with Gasteiger partial charge >= 0.3 is 0 Å². The van der Waals surface area contributed by atoms with E-state index in [4.69, 9.17) is 0 Å². The maximum atomic E-state index is 13.0. The molecule has 0 bridgehead atoms. The summed E-state index contributed by atoms with van der Waals surface area (Å²) in [4.78, 5) is 40.9. The number of hydrogen-bond donors (Lipinski definition) is 1. The summed E-state index contributed by atoms with van der Waals surface area (Å²) in [6, 6.07) is 14.7. The number of nitrogens with zero attached hydrogens (tertiary/aromatic N) is 5. The Bertz CT molecular complexity index is 1410. The zero-order valence-corrected chi connectivity index (χ0v) is 17.5. The molecule has 2 heterocycles. The van der Waals surface area contributed by atoms with E-state index < -0.39 is 16.3 Å². The van der Waals surface area contributed by atoms with Gasteiger partial charge in [0, 0.05) is 24.4 Å². The van der Waals surface area contributed by atoms with E-state index in [9.17, 15) is 19.7 Å². The van der Waals surface area contributed by atoms with Crippen molar-refractivity contribution >= 4 is 28.6 Å². The molecule has 1 amide bonds. The summed E-state index contributed by atoms with van der Waals surface area (Å²) in [5.74, 6) is -0.438. The van der Waals surface area contributed by atoms with Crippen molar-refractivity contribution in [1.29, 1.82) is 0 Å². The van der Waals surface area contributed by atoms with Gasteiger partial charge < -0.3 is 4.57 Å². The van der Waals surface area contributed by atoms with Crippen LogP contribution in [0.3, 0.4) is 0 Å². The predicted octanol–water partition coefficient (Wildman–Crippen LogP) is 3.46. The molecule has 10 heteroatoms. The molecule has 0 atom stereocenters. The summed E-state index contributed by atoms with van der Waals surface area (Å²) < 4.78 is 3.09. The predicted molar refractivity (Wildman–Crippen MR) is 119 cm³/mol. The van der Waals surface area contributed by atoms with Crippen molar-refractivity contribution in [2.45, 2.75) is 26.8 Å². The van der Waals surface area contributed by atoms with Gasteiger partial charge in [0.25, 0.3) is 11.6 Å². The number of hydrogen-bond acceptors (Lipinski definition) is 6. The van der Waals surface area contributed by atoms with Gasteiger partial charge in [0.05, 0.1) is 16.0 Å². The Kier molecular flexibility index (Phi) is 5.50. The van der Waals surface area contributed by atoms with Crippen LogP contribution in [-0.2, 0) is 6.54 Å². The average molecular weight is 432 g/mol. The van der Waals surface area contributed by atoms with Crippen LogP contribution < -0.4 is 10.7 Å². The fourth-order valence-electron chi connectivity index (χ4n) is 3.53. The topological polar surface area (TPSA) is 125 Å². The highest BCUT2D eigenvalue weighted by atomic mass is 16.6. The molecule has 2 aromatic carbocycles. The van der Waals surface area contributed by atoms with Crippen LogP contribution in [0.25, 0.3) is 16.7 Å². The Morgan fingerprint density at radius 2 is 1.88 bits per heavy atom. The summed E-state index contributed by atoms with van der Waals surface area (Å²) in [6.45, 7) is 4.22. The lowest BCUT2D eigenvalue weighted by Crippen LogP contribution is -2.28. The lowest BCUT2D eigenvalue weighted by Gasteiger charge is -2.12. The Labute approximate surface area is 182 Å². The molecule has 0 spiro atoms. The SMILES string of the molecule is CCCn1c(NC(=O)c2nn(-c3ccccc3[N+](=O)[O-])c(C)cc2=O)nc2ccccc21. The first-order valence-corrected chi connectivity index (χ1v) is 10.0. The zero-order valence-electron chi connectivity index (χ0n) is 17.5. The minimum absolute atomic E-state index is 0.155. The number of nitrogens with one attached hydrogen (secondary N) is 1. The Balaban J connectivity index is 1.77. The van der Waals surface area contributed by atoms with E-state index in [2.05, 4.69) is 15.4 Å². The van der Waals surface area contributed by atoms with Crippen molar-refractivity contribution in [3.8, 4) is 5.69 Å². The number of nitro groups is 1. The maximum Gasteiger partial charge on any atom is 0.294 e. The summed E-state index contributed by atoms with van der Waals surface area (Å²) in [5.41, 5.74) is 0.922. The monoisotopic (exact) mass is 432 g/mol. The number of carbonyl (C=O) groups excluding carboxylic acids is 1. The van der Waals surface area contributed by atoms with Crippen LogP contribution in [-0.4, -0.2) is 30.2 Å². The average Bonchev–Trinajstić information content (AvgIpc) is 3.11. The Morgan fingerprint density at radius 1 is 1.16 bits per heavy atom. The molecule has 4 rings (SSSR count). The first-order valence-electron chi connectivity index (χ1n) is 10.0. The smallest absolute Gasteiger partial charge is 0.294 e. The van der Waals surface area contributed by atoms with Crippen LogP contribution in [0, 0.1) is 17.0 Å². The van der Waals surface area contributed by atoms with Gasteiger partial charge in [-0.15, -0.1) is 0 Å². The second-order valence-electron chi connectivity index (χ2n) is 7.19. The molecule has 2 aromatic heterocycles. The second-order valence-corrected chi connectivity index (χ2v) is 7.19. The van der Waals surface area contributed by atoms with Crippen LogP contribution in [0.2, 0.25) is 0 Å². The highest BCUT2D eigenvalue weighted by Gasteiger charge is 2.21. The van der Waals surface area contributed by atoms with Crippen LogP contribution in [0.5, 0.6) is 0 Å². The number of nitro benzene ring substituents is 1. The van der Waals surface area contributed by atoms with E-state index >= 15 is 0 Å². The summed E-state index contributed by atoms with van der Waals surface area (Å²) in [6.07, 6.45) is 0.816. The van der Waals surface area contributed by atoms with Crippen molar-refractivity contribution < 1.29 is 9.72 Å². The summed E-state index contributed by atoms with van der Waals surface area (Å²) in [5, 5.41) is 18.3. The van der Waals surface area contributed by atoms with Crippen molar-refractivity contribution in [1.82, 2.24) is 19.3 Å². The minimum Gasteiger partial charge on any atom is -0.310 e. The molecule has 1 N–H and O–H groups in total. The van der Waals surface area contributed by atoms with Gasteiger partial charge in [-0.2, -0.15) is 5.10 Å². The number of benzene rings is 2. The van der Waals surface area contributed by atoms with E-state index in [-0.39, 0.29) is 17.1 Å². The Hall–Kier alpha value is -4.34. The van der Waals surface area contributed by atoms with E-state index in [1.54, 1.807) is 13.0 Å². The fraction of sp³-hybridized carbons (Fsp3) is 0.182. The minimum atomic E-state index is -0.741. The molecule has 0 fully saturated rings. The number of fused-ring (bicyclic) bond motifs is 1. The van der Waals surface area contributed by atoms with Gasteiger partial charge in [-0.1, -0.05) is 31.2 Å². The number of amides is 1. The molecule has 0 saturated heterocycles. The molecular formula is C22H20N6O4. The Morgan fingerprint density at radius 3 is 2.62 bits per heavy atom. The van der Waals surface area contributed by atoms with Crippen LogP contribution in [0.1, 0.15) is 29.5 Å². The van der Waals surface area contributed by atoms with Crippen molar-refractivity contribution in [3.05, 3.63) is 86.3 Å². The van der Waals surface area contributed by atoms with Gasteiger partial charge in [-0.3, -0.25) is 25.0 Å². The first-order chi connectivity index (χ1) is 15.4. The van der Waals surface area contributed by atoms with Gasteiger partial charge in [0.1, 0.15) is 5.69 Å². The normalized spacial score (nSPS) is 10.9. The molecule has 10 nitrogen and oxygen atoms in total. The number of para-hydroxylation sites is 4. The summed E-state index contributed by atoms with van der Waals surface area (Å²) in [7, 11) is 0. The fourth-order valence-corrected chi connectivity index (χ4v) is 3.53. The van der Waals surface area contributed by atoms with Gasteiger partial charge in [0.15, 0.2) is 5.69 Å². The zero-order chi connectivity index (χ0) is 22.8. The number of rotatable bonds is 6. The number of aromatic nitrogens is 4. The second kappa shape index (κ2) is 8.42. The van der Waals surface area contributed by atoms with Crippen molar-refractivity contribution in [3.63, 3.8) is 0 Å². The first kappa shape index (κ1) is 20.9. The quantitative estimate of drug-likeness (QED) is 0.367. The van der Waals surface area contributed by atoms with Gasteiger partial charge in [-0.25, -0.2) is 9.67 Å². The number of imidazole rings is 1. The molecule has 0 unspecified atom stereocenters. The third-order valence-corrected chi connectivity index (χ3v) is 4.96. The molecule has 162 valence electrons. The molecule has 0 radical (unpaired) electrons. The van der Waals surface area contributed by atoms with Gasteiger partial charge in [-0.05, 0) is 31.5 Å². The molecular weight excluding hydrogens is 412 g/mol. The summed E-state index contributed by atoms with van der Waals surface area (Å²) >= 11 is 0. The maximum absolute atomic E-state index is 13.0. The molecule has 32 heavy (non-hydrogen) atoms. The van der Waals surface area contributed by atoms with E-state index in [0.717, 1.165) is 11.9 Å². The van der Waals surface area contributed by atoms with Crippen LogP contribution in [0.4, 0.5) is 11.6 Å². The standard InChI is InChI=1S/C22H20N6O4/c1-3-12-26-16-9-5-4-8-15(16)23-22(26)24-21(30)20-19(29)13-14(2)27(25-20)17-10-6-7-11-18(17)28(31)32/h4-11,13H,3,12H2,1-2H3,(H,23,24,30). The van der Waals surface area contributed by atoms with Gasteiger partial charge in [0.2, 0.25) is 11.4 Å². The largest absolute Gasteiger partial charge is 0.310 e. The van der Waals surface area contributed by atoms with E-state index in [1.165, 1.54) is 28.9 Å². The van der Waals surface area contributed by atoms with E-state index in [1.807, 2.05) is 35.8 Å². The number of anilines is 1. The van der Waals surface area contributed by atoms with Crippen molar-refractivity contribution in [2.24, 2.45) is 0 Å². The molecule has 4 aromatic rings. The molecule has 0 aliphatic heterocycles. The third-order valence-electron chi connectivity index (χ3n) is 4.96. The van der Waals surface area contributed by atoms with E-state index in [0.29, 0.717) is 23.7 Å². The highest BCUT2D eigenvalue weighted by Crippen LogP contribution is 2.23. The van der Waals surface area contributed by atoms with Crippen molar-refractivity contribution in [2.75, 3.05) is 5.32 Å². The lowest BCUT2D eigenvalue weighted by molar-refractivity contribution is -0.384. The number of aryl methyl sites for hydroxylation is 2. The lowest BCUT2D eigenvalue weighted by atomic mass is 10.2. The van der Waals surface area contributed by atoms with Crippen LogP contribution in [0.15, 0.2) is 59.4 Å². The highest BCUT2D eigenvalue weighted by molar-refractivity contribution is 6.02. The van der Waals surface area contributed by atoms with Crippen LogP contribution >= 0.6 is 0 Å². The molecule has 0 aliphatic rings. The molecule has 0 aliphatic carbocycles. The third kappa shape index (κ3) is 3.73. The molecule has 0 saturated carbocycles. The number of carbonyl (C=O) groups is 1.